The first-order valence-electron chi connectivity index (χ1n) is 8.47. The Kier molecular flexibility index (Phi) is 4.76. The molecule has 0 aliphatic carbocycles. The van der Waals surface area contributed by atoms with Gasteiger partial charge in [0.15, 0.2) is 11.5 Å². The zero-order chi connectivity index (χ0) is 16.4. The maximum absolute atomic E-state index is 12.6. The summed E-state index contributed by atoms with van der Waals surface area (Å²) in [6.45, 7) is 9.59. The molecule has 2 aliphatic heterocycles. The van der Waals surface area contributed by atoms with E-state index in [0.29, 0.717) is 30.8 Å². The molecule has 5 heteroatoms. The summed E-state index contributed by atoms with van der Waals surface area (Å²) in [7, 11) is 0. The average molecular weight is 318 g/mol. The second kappa shape index (κ2) is 6.79. The molecule has 0 aromatic heterocycles. The fourth-order valence-electron chi connectivity index (χ4n) is 3.56. The molecule has 3 unspecified atom stereocenters. The van der Waals surface area contributed by atoms with E-state index in [9.17, 15) is 4.79 Å². The lowest BCUT2D eigenvalue weighted by atomic mass is 9.91. The van der Waals surface area contributed by atoms with Crippen LogP contribution in [-0.4, -0.2) is 43.2 Å². The quantitative estimate of drug-likeness (QED) is 0.931. The maximum Gasteiger partial charge on any atom is 0.241 e. The Labute approximate surface area is 137 Å². The summed E-state index contributed by atoms with van der Waals surface area (Å²) in [5, 5.41) is 3.00. The summed E-state index contributed by atoms with van der Waals surface area (Å²) >= 11 is 0. The lowest BCUT2D eigenvalue weighted by molar-refractivity contribution is -0.121. The van der Waals surface area contributed by atoms with E-state index in [4.69, 9.17) is 9.47 Å². The topological polar surface area (TPSA) is 50.8 Å². The number of nitrogens with one attached hydrogen (secondary N) is 1. The first kappa shape index (κ1) is 16.1. The third kappa shape index (κ3) is 3.78. The number of rotatable bonds is 3. The van der Waals surface area contributed by atoms with Crippen molar-refractivity contribution in [2.24, 2.45) is 11.8 Å². The molecule has 1 saturated heterocycles. The van der Waals surface area contributed by atoms with E-state index in [0.717, 1.165) is 24.5 Å². The van der Waals surface area contributed by atoms with E-state index in [1.54, 1.807) is 0 Å². The molecule has 0 saturated carbocycles. The van der Waals surface area contributed by atoms with E-state index in [1.165, 1.54) is 6.42 Å². The molecule has 23 heavy (non-hydrogen) atoms. The average Bonchev–Trinajstić information content (AvgIpc) is 2.53. The van der Waals surface area contributed by atoms with Crippen molar-refractivity contribution in [1.82, 2.24) is 4.90 Å². The number of hydrogen-bond acceptors (Lipinski definition) is 4. The van der Waals surface area contributed by atoms with Crippen molar-refractivity contribution in [3.63, 3.8) is 0 Å². The maximum atomic E-state index is 12.6. The minimum atomic E-state index is -0.131. The van der Waals surface area contributed by atoms with Crippen LogP contribution in [0.2, 0.25) is 0 Å². The van der Waals surface area contributed by atoms with Crippen molar-refractivity contribution < 1.29 is 14.3 Å². The third-order valence-electron chi connectivity index (χ3n) is 4.63. The van der Waals surface area contributed by atoms with Crippen molar-refractivity contribution in [2.45, 2.75) is 33.2 Å². The minimum absolute atomic E-state index is 0.0305. The number of ether oxygens (including phenoxy) is 2. The fraction of sp³-hybridized carbons (Fsp3) is 0.611. The Morgan fingerprint density at radius 2 is 1.83 bits per heavy atom. The Bertz CT molecular complexity index is 565. The molecule has 3 atom stereocenters. The van der Waals surface area contributed by atoms with Crippen LogP contribution >= 0.6 is 0 Å². The van der Waals surface area contributed by atoms with Crippen molar-refractivity contribution in [3.8, 4) is 11.5 Å². The Balaban J connectivity index is 1.64. The molecule has 1 N–H and O–H groups in total. The molecule has 1 amide bonds. The number of hydrogen-bond donors (Lipinski definition) is 1. The molecule has 1 aromatic rings. The highest BCUT2D eigenvalue weighted by Gasteiger charge is 2.29. The molecule has 1 fully saturated rings. The molecule has 2 heterocycles. The van der Waals surface area contributed by atoms with Crippen LogP contribution in [0, 0.1) is 11.8 Å². The number of piperidine rings is 1. The summed E-state index contributed by atoms with van der Waals surface area (Å²) in [6.07, 6.45) is 1.24. The van der Waals surface area contributed by atoms with Gasteiger partial charge >= 0.3 is 0 Å². The van der Waals surface area contributed by atoms with Gasteiger partial charge < -0.3 is 14.8 Å². The lowest BCUT2D eigenvalue weighted by Crippen LogP contribution is -2.48. The second-order valence-corrected chi connectivity index (χ2v) is 6.92. The van der Waals surface area contributed by atoms with Crippen molar-refractivity contribution in [2.75, 3.05) is 31.6 Å². The van der Waals surface area contributed by atoms with E-state index >= 15 is 0 Å². The van der Waals surface area contributed by atoms with Gasteiger partial charge in [0.05, 0.1) is 6.04 Å². The Hall–Kier alpha value is -1.75. The van der Waals surface area contributed by atoms with E-state index in [1.807, 2.05) is 25.1 Å². The molecule has 126 valence electrons. The zero-order valence-corrected chi connectivity index (χ0v) is 14.2. The van der Waals surface area contributed by atoms with Crippen LogP contribution < -0.4 is 14.8 Å². The van der Waals surface area contributed by atoms with Gasteiger partial charge in [-0.2, -0.15) is 0 Å². The van der Waals surface area contributed by atoms with Crippen LogP contribution in [-0.2, 0) is 4.79 Å². The highest BCUT2D eigenvalue weighted by molar-refractivity contribution is 5.94. The van der Waals surface area contributed by atoms with Gasteiger partial charge in [0.25, 0.3) is 0 Å². The van der Waals surface area contributed by atoms with Gasteiger partial charge in [-0.3, -0.25) is 9.69 Å². The summed E-state index contributed by atoms with van der Waals surface area (Å²) in [6, 6.07) is 5.41. The fourth-order valence-corrected chi connectivity index (χ4v) is 3.56. The van der Waals surface area contributed by atoms with Gasteiger partial charge in [0.2, 0.25) is 5.91 Å². The number of amides is 1. The van der Waals surface area contributed by atoms with Gasteiger partial charge in [0.1, 0.15) is 13.2 Å². The number of nitrogens with zero attached hydrogens (tertiary/aromatic N) is 1. The van der Waals surface area contributed by atoms with E-state index in [2.05, 4.69) is 24.1 Å². The van der Waals surface area contributed by atoms with Crippen molar-refractivity contribution in [1.29, 1.82) is 0 Å². The largest absolute Gasteiger partial charge is 0.486 e. The summed E-state index contributed by atoms with van der Waals surface area (Å²) in [5.74, 6) is 2.75. The van der Waals surface area contributed by atoms with Crippen molar-refractivity contribution >= 4 is 11.6 Å². The SMILES string of the molecule is CC1CC(C)CN(C(C)C(=O)Nc2ccc3c(c2)OCCO3)C1. The molecular formula is C18H26N2O3. The number of benzene rings is 1. The molecule has 0 bridgehead atoms. The lowest BCUT2D eigenvalue weighted by Gasteiger charge is -2.38. The van der Waals surface area contributed by atoms with Gasteiger partial charge in [-0.1, -0.05) is 13.8 Å². The molecule has 0 spiro atoms. The highest BCUT2D eigenvalue weighted by atomic mass is 16.6. The van der Waals surface area contributed by atoms with E-state index < -0.39 is 0 Å². The van der Waals surface area contributed by atoms with Gasteiger partial charge in [-0.05, 0) is 37.3 Å². The van der Waals surface area contributed by atoms with Crippen LogP contribution in [0.5, 0.6) is 11.5 Å². The molecule has 2 aliphatic rings. The molecule has 1 aromatic carbocycles. The smallest absolute Gasteiger partial charge is 0.241 e. The van der Waals surface area contributed by atoms with Crippen LogP contribution in [0.15, 0.2) is 18.2 Å². The first-order chi connectivity index (χ1) is 11.0. The Morgan fingerprint density at radius 3 is 2.52 bits per heavy atom. The highest BCUT2D eigenvalue weighted by Crippen LogP contribution is 2.32. The number of carbonyl (C=O) groups excluding carboxylic acids is 1. The van der Waals surface area contributed by atoms with Crippen LogP contribution in [0.4, 0.5) is 5.69 Å². The van der Waals surface area contributed by atoms with E-state index in [-0.39, 0.29) is 11.9 Å². The van der Waals surface area contributed by atoms with Crippen LogP contribution in [0.25, 0.3) is 0 Å². The zero-order valence-electron chi connectivity index (χ0n) is 14.2. The summed E-state index contributed by atoms with van der Waals surface area (Å²) < 4.78 is 11.1. The predicted octanol–water partition coefficient (Wildman–Crippen LogP) is 2.76. The number of carbonyl (C=O) groups is 1. The number of fused-ring (bicyclic) bond motifs is 1. The predicted molar refractivity (Wildman–Crippen MR) is 90.0 cm³/mol. The molecular weight excluding hydrogens is 292 g/mol. The van der Waals surface area contributed by atoms with Gasteiger partial charge in [-0.15, -0.1) is 0 Å². The second-order valence-electron chi connectivity index (χ2n) is 6.92. The summed E-state index contributed by atoms with van der Waals surface area (Å²) in [5.41, 5.74) is 0.754. The normalized spacial score (nSPS) is 25.7. The monoisotopic (exact) mass is 318 g/mol. The van der Waals surface area contributed by atoms with Crippen LogP contribution in [0.3, 0.4) is 0 Å². The molecule has 5 nitrogen and oxygen atoms in total. The van der Waals surface area contributed by atoms with Crippen molar-refractivity contribution in [3.05, 3.63) is 18.2 Å². The van der Waals surface area contributed by atoms with Gasteiger partial charge in [-0.25, -0.2) is 0 Å². The van der Waals surface area contributed by atoms with Crippen LogP contribution in [0.1, 0.15) is 27.2 Å². The van der Waals surface area contributed by atoms with Gasteiger partial charge in [0, 0.05) is 24.8 Å². The minimum Gasteiger partial charge on any atom is -0.486 e. The molecule has 3 rings (SSSR count). The number of likely N-dealkylation sites (tertiary alicyclic amines) is 1. The summed E-state index contributed by atoms with van der Waals surface area (Å²) in [4.78, 5) is 14.9. The first-order valence-corrected chi connectivity index (χ1v) is 8.47. The third-order valence-corrected chi connectivity index (χ3v) is 4.63. The Morgan fingerprint density at radius 1 is 1.17 bits per heavy atom. The standard InChI is InChI=1S/C18H26N2O3/c1-12-8-13(2)11-20(10-12)14(3)18(21)19-15-4-5-16-17(9-15)23-7-6-22-16/h4-5,9,12-14H,6-8,10-11H2,1-3H3,(H,19,21). The molecule has 0 radical (unpaired) electrons. The number of anilines is 1.